The first kappa shape index (κ1) is 20.7. The minimum atomic E-state index is -1.21. The average molecular weight is 390 g/mol. The zero-order valence-corrected chi connectivity index (χ0v) is 14.9. The molecule has 1 aliphatic heterocycles. The van der Waals surface area contributed by atoms with E-state index in [0.717, 1.165) is 0 Å². The summed E-state index contributed by atoms with van der Waals surface area (Å²) >= 11 is 0. The number of nitrogens with zero attached hydrogens (tertiary/aromatic N) is 4. The fraction of sp³-hybridized carbons (Fsp3) is 0.294. The number of nitro benzene ring substituents is 3. The van der Waals surface area contributed by atoms with Crippen molar-refractivity contribution in [1.29, 1.82) is 0 Å². The first-order chi connectivity index (χ1) is 13.2. The summed E-state index contributed by atoms with van der Waals surface area (Å²) in [7, 11) is 2.21. The highest BCUT2D eigenvalue weighted by Gasteiger charge is 2.30. The van der Waals surface area contributed by atoms with Gasteiger partial charge in [0.2, 0.25) is 0 Å². The zero-order chi connectivity index (χ0) is 20.8. The van der Waals surface area contributed by atoms with Crippen molar-refractivity contribution >= 4 is 17.1 Å². The first-order valence-corrected chi connectivity index (χ1v) is 8.27. The number of aromatic hydroxyl groups is 1. The second-order valence-corrected chi connectivity index (χ2v) is 6.15. The summed E-state index contributed by atoms with van der Waals surface area (Å²) in [5.41, 5.74) is -1.53. The minimum Gasteiger partial charge on any atom is -0.497 e. The molecule has 0 amide bonds. The summed E-state index contributed by atoms with van der Waals surface area (Å²) in [6, 6.07) is 12.4. The highest BCUT2D eigenvalue weighted by Crippen LogP contribution is 2.39. The summed E-state index contributed by atoms with van der Waals surface area (Å²) in [5, 5.41) is 40.2. The van der Waals surface area contributed by atoms with E-state index in [1.165, 1.54) is 24.9 Å². The van der Waals surface area contributed by atoms with Gasteiger partial charge in [0, 0.05) is 6.04 Å². The first-order valence-electron chi connectivity index (χ1n) is 8.27. The third-order valence-electron chi connectivity index (χ3n) is 4.36. The van der Waals surface area contributed by atoms with Crippen LogP contribution in [0.25, 0.3) is 0 Å². The number of non-ortho nitro benzene ring substituents is 1. The van der Waals surface area contributed by atoms with Crippen LogP contribution in [0.15, 0.2) is 42.5 Å². The molecule has 0 radical (unpaired) electrons. The van der Waals surface area contributed by atoms with Gasteiger partial charge < -0.3 is 5.11 Å². The predicted octanol–water partition coefficient (Wildman–Crippen LogP) is 3.57. The maximum atomic E-state index is 10.4. The van der Waals surface area contributed by atoms with Crippen LogP contribution in [-0.4, -0.2) is 38.4 Å². The van der Waals surface area contributed by atoms with Crippen molar-refractivity contribution in [3.8, 4) is 5.75 Å². The van der Waals surface area contributed by atoms with E-state index < -0.39 is 37.6 Å². The molecule has 11 nitrogen and oxygen atoms in total. The minimum absolute atomic E-state index is 0.447. The van der Waals surface area contributed by atoms with Crippen LogP contribution in [0.2, 0.25) is 0 Å². The zero-order valence-electron chi connectivity index (χ0n) is 14.9. The van der Waals surface area contributed by atoms with E-state index in [9.17, 15) is 30.3 Å². The van der Waals surface area contributed by atoms with Crippen LogP contribution >= 0.6 is 0 Å². The van der Waals surface area contributed by atoms with Gasteiger partial charge in [-0.15, -0.1) is 0 Å². The van der Waals surface area contributed by atoms with E-state index in [0.29, 0.717) is 18.2 Å². The number of phenolic OH excluding ortho intramolecular Hbond substituents is 1. The summed E-state index contributed by atoms with van der Waals surface area (Å²) in [4.78, 5) is 30.2. The molecule has 0 aromatic heterocycles. The van der Waals surface area contributed by atoms with Crippen LogP contribution in [0.5, 0.6) is 5.75 Å². The van der Waals surface area contributed by atoms with Gasteiger partial charge in [-0.2, -0.15) is 0 Å². The van der Waals surface area contributed by atoms with Crippen molar-refractivity contribution in [2.45, 2.75) is 18.9 Å². The Morgan fingerprint density at radius 3 is 1.89 bits per heavy atom. The SMILES string of the molecule is CN1CCCC1c1ccccc1.O=[N+]([O-])c1cc([N+](=O)[O-])c(O)c([N+](=O)[O-])c1. The lowest BCUT2D eigenvalue weighted by atomic mass is 10.1. The molecule has 1 saturated heterocycles. The fourth-order valence-corrected chi connectivity index (χ4v) is 2.98. The van der Waals surface area contributed by atoms with Crippen LogP contribution in [0.4, 0.5) is 17.1 Å². The third-order valence-corrected chi connectivity index (χ3v) is 4.36. The third kappa shape index (κ3) is 4.76. The second-order valence-electron chi connectivity index (χ2n) is 6.15. The molecule has 1 unspecified atom stereocenters. The summed E-state index contributed by atoms with van der Waals surface area (Å²) < 4.78 is 0. The van der Waals surface area contributed by atoms with Crippen LogP contribution < -0.4 is 0 Å². The Hall–Kier alpha value is -3.60. The van der Waals surface area contributed by atoms with Gasteiger partial charge in [-0.25, -0.2) is 0 Å². The Labute approximate surface area is 159 Å². The van der Waals surface area contributed by atoms with Gasteiger partial charge in [0.1, 0.15) is 0 Å². The topological polar surface area (TPSA) is 153 Å². The maximum Gasteiger partial charge on any atom is 0.324 e. The molecule has 1 fully saturated rings. The van der Waals surface area contributed by atoms with E-state index in [2.05, 4.69) is 42.3 Å². The second kappa shape index (κ2) is 8.86. The smallest absolute Gasteiger partial charge is 0.324 e. The lowest BCUT2D eigenvalue weighted by Gasteiger charge is -2.19. The molecule has 1 N–H and O–H groups in total. The number of rotatable bonds is 4. The number of phenols is 1. The Kier molecular flexibility index (Phi) is 6.55. The fourth-order valence-electron chi connectivity index (χ4n) is 2.98. The molecule has 28 heavy (non-hydrogen) atoms. The molecule has 1 heterocycles. The lowest BCUT2D eigenvalue weighted by molar-refractivity contribution is -0.404. The molecule has 0 spiro atoms. The van der Waals surface area contributed by atoms with Crippen molar-refractivity contribution < 1.29 is 19.9 Å². The highest BCUT2D eigenvalue weighted by molar-refractivity contribution is 5.64. The molecule has 148 valence electrons. The van der Waals surface area contributed by atoms with Gasteiger partial charge in [-0.3, -0.25) is 35.2 Å². The van der Waals surface area contributed by atoms with Gasteiger partial charge in [0.25, 0.3) is 11.4 Å². The summed E-state index contributed by atoms with van der Waals surface area (Å²) in [6.45, 7) is 1.25. The number of likely N-dealkylation sites (tertiary alicyclic amines) is 1. The molecule has 0 aliphatic carbocycles. The van der Waals surface area contributed by atoms with Gasteiger partial charge in [0.05, 0.1) is 26.9 Å². The Bertz CT molecular complexity index is 853. The average Bonchev–Trinajstić information content (AvgIpc) is 3.08. The largest absolute Gasteiger partial charge is 0.497 e. The van der Waals surface area contributed by atoms with E-state index in [-0.39, 0.29) is 0 Å². The lowest BCUT2D eigenvalue weighted by Crippen LogP contribution is -2.17. The number of benzene rings is 2. The summed E-state index contributed by atoms with van der Waals surface area (Å²) in [6.07, 6.45) is 2.66. The monoisotopic (exact) mass is 390 g/mol. The van der Waals surface area contributed by atoms with E-state index in [1.807, 2.05) is 0 Å². The van der Waals surface area contributed by atoms with E-state index in [1.54, 1.807) is 0 Å². The highest BCUT2D eigenvalue weighted by atomic mass is 16.6. The molecule has 2 aromatic carbocycles. The van der Waals surface area contributed by atoms with Crippen molar-refractivity contribution in [1.82, 2.24) is 4.90 Å². The Balaban J connectivity index is 0.000000207. The van der Waals surface area contributed by atoms with Crippen molar-refractivity contribution in [2.75, 3.05) is 13.6 Å². The van der Waals surface area contributed by atoms with Crippen molar-refractivity contribution in [3.05, 3.63) is 78.4 Å². The number of nitro groups is 3. The molecule has 2 aromatic rings. The predicted molar refractivity (Wildman–Crippen MR) is 99.1 cm³/mol. The van der Waals surface area contributed by atoms with Crippen LogP contribution in [0, 0.1) is 30.3 Å². The van der Waals surface area contributed by atoms with Gasteiger partial charge in [-0.05, 0) is 32.0 Å². The molecule has 11 heteroatoms. The van der Waals surface area contributed by atoms with Crippen LogP contribution in [0.1, 0.15) is 24.4 Å². The van der Waals surface area contributed by atoms with Crippen molar-refractivity contribution in [3.63, 3.8) is 0 Å². The number of hydrogen-bond acceptors (Lipinski definition) is 8. The summed E-state index contributed by atoms with van der Waals surface area (Å²) in [5.74, 6) is -1.21. The van der Waals surface area contributed by atoms with E-state index in [4.69, 9.17) is 5.11 Å². The maximum absolute atomic E-state index is 10.4. The van der Waals surface area contributed by atoms with Gasteiger partial charge in [0.15, 0.2) is 0 Å². The Morgan fingerprint density at radius 1 is 0.964 bits per heavy atom. The van der Waals surface area contributed by atoms with Gasteiger partial charge in [-0.1, -0.05) is 30.3 Å². The van der Waals surface area contributed by atoms with Crippen LogP contribution in [0.3, 0.4) is 0 Å². The number of hydrogen-bond donors (Lipinski definition) is 1. The molecular formula is C17H18N4O7. The Morgan fingerprint density at radius 2 is 1.50 bits per heavy atom. The molecule has 0 bridgehead atoms. The molecule has 1 aliphatic rings. The van der Waals surface area contributed by atoms with E-state index >= 15 is 0 Å². The van der Waals surface area contributed by atoms with Crippen LogP contribution in [-0.2, 0) is 0 Å². The molecular weight excluding hydrogens is 372 g/mol. The molecule has 1 atom stereocenters. The normalized spacial score (nSPS) is 16.1. The quantitative estimate of drug-likeness (QED) is 0.614. The molecule has 3 rings (SSSR count). The molecule has 0 saturated carbocycles. The standard InChI is InChI=1S/C11H15N.C6H3N3O7/c1-12-9-5-8-11(12)10-6-3-2-4-7-10;10-6-4(8(13)14)1-3(7(11)12)2-5(6)9(15)16/h2-4,6-7,11H,5,8-9H2,1H3;1-2,10H. The van der Waals surface area contributed by atoms with Crippen molar-refractivity contribution in [2.24, 2.45) is 0 Å². The van der Waals surface area contributed by atoms with Gasteiger partial charge >= 0.3 is 11.4 Å².